The fraction of sp³-hybridized carbons (Fsp3) is 0.0667. The minimum Gasteiger partial charge on any atom is -0.309 e. The molecule has 64 heavy (non-hydrogen) atoms. The maximum atomic E-state index is 2.48. The van der Waals surface area contributed by atoms with Crippen LogP contribution in [0.4, 0.5) is 0 Å². The summed E-state index contributed by atoms with van der Waals surface area (Å²) in [6.45, 7) is 0. The lowest BCUT2D eigenvalue weighted by Gasteiger charge is -2.16. The summed E-state index contributed by atoms with van der Waals surface area (Å²) in [5.74, 6) is 0. The third kappa shape index (κ3) is 6.28. The van der Waals surface area contributed by atoms with E-state index in [1.807, 2.05) is 22.7 Å². The number of hydrogen-bond donors (Lipinski definition) is 0. The van der Waals surface area contributed by atoms with Crippen LogP contribution < -0.4 is 0 Å². The molecular weight excluding hydrogens is 813 g/mol. The van der Waals surface area contributed by atoms with Gasteiger partial charge >= 0.3 is 0 Å². The van der Waals surface area contributed by atoms with E-state index in [1.54, 1.807) is 0 Å². The maximum absolute atomic E-state index is 2.48. The smallest absolute Gasteiger partial charge is 0.0541 e. The molecular formula is C60H42N2S2. The Morgan fingerprint density at radius 1 is 0.297 bits per heavy atom. The molecule has 12 aromatic rings. The summed E-state index contributed by atoms with van der Waals surface area (Å²) in [5, 5.41) is 5.16. The number of thiophene rings is 2. The lowest BCUT2D eigenvalue weighted by molar-refractivity contribution is 0.926. The monoisotopic (exact) mass is 854 g/mol. The zero-order chi connectivity index (χ0) is 42.1. The van der Waals surface area contributed by atoms with Crippen molar-refractivity contribution in [2.45, 2.75) is 25.7 Å². The lowest BCUT2D eigenvalue weighted by Crippen LogP contribution is -2.01. The summed E-state index contributed by atoms with van der Waals surface area (Å²) in [6.07, 6.45) is 4.02. The number of rotatable bonds is 6. The van der Waals surface area contributed by atoms with Crippen molar-refractivity contribution in [2.75, 3.05) is 0 Å². The first-order valence-corrected chi connectivity index (χ1v) is 24.0. The summed E-state index contributed by atoms with van der Waals surface area (Å²) < 4.78 is 4.78. The standard InChI is InChI=1S/C60H42N2S2/c1-5-13-53-47(9-1)48-10-2-6-14-54(48)61(53)45-29-25-43(26-30-45)57-33-35-59(63-57)51-37-39-17-21-41(51)23-19-40-18-22-42(24-20-39)52(38-40)60-36-34-58(64-60)44-27-31-46(32-28-44)62-55-15-7-3-11-49(55)50-12-4-8-16-56(50)62/h1-18,21-22,25-38H,19-20,23-24H2. The second-order valence-electron chi connectivity index (χ2n) is 17.1. The molecule has 2 nitrogen and oxygen atoms in total. The van der Waals surface area contributed by atoms with Crippen LogP contribution in [0.2, 0.25) is 0 Å². The second-order valence-corrected chi connectivity index (χ2v) is 19.3. The number of benzene rings is 8. The van der Waals surface area contributed by atoms with Crippen LogP contribution in [0, 0.1) is 0 Å². The van der Waals surface area contributed by atoms with Gasteiger partial charge in [0.05, 0.1) is 22.1 Å². The SMILES string of the molecule is c1ccc2c(c1)c1ccccc1n2-c1ccc(-c2ccc(-c3cc4ccc3CCc3ccc(c(-c5ccc(-c6ccc(-n7c8ccccc8c8ccccc87)cc6)s5)c3)CC4)s2)cc1. The molecule has 0 saturated carbocycles. The van der Waals surface area contributed by atoms with Crippen LogP contribution in [0.25, 0.3) is 96.7 Å². The molecule has 0 fully saturated rings. The number of fused-ring (bicyclic) bond motifs is 6. The number of nitrogens with zero attached hydrogens (tertiary/aromatic N) is 2. The Hall–Kier alpha value is -7.24. The van der Waals surface area contributed by atoms with Crippen molar-refractivity contribution in [3.8, 4) is 53.1 Å². The van der Waals surface area contributed by atoms with Crippen molar-refractivity contribution in [2.24, 2.45) is 0 Å². The van der Waals surface area contributed by atoms with E-state index in [0.717, 1.165) is 25.7 Å². The molecule has 0 N–H and O–H groups in total. The van der Waals surface area contributed by atoms with Crippen molar-refractivity contribution in [3.05, 3.63) is 229 Å². The van der Waals surface area contributed by atoms with E-state index in [9.17, 15) is 0 Å². The van der Waals surface area contributed by atoms with Gasteiger partial charge in [-0.05, 0) is 143 Å². The molecule has 8 aromatic carbocycles. The van der Waals surface area contributed by atoms with Crippen LogP contribution in [0.1, 0.15) is 22.3 Å². The average Bonchev–Trinajstić information content (AvgIpc) is 4.17. The van der Waals surface area contributed by atoms with Crippen LogP contribution in [-0.2, 0) is 25.7 Å². The van der Waals surface area contributed by atoms with Crippen LogP contribution >= 0.6 is 22.7 Å². The summed E-state index contributed by atoms with van der Waals surface area (Å²) >= 11 is 3.82. The number of aromatic nitrogens is 2. The van der Waals surface area contributed by atoms with Gasteiger partial charge in [-0.2, -0.15) is 0 Å². The van der Waals surface area contributed by atoms with Gasteiger partial charge in [-0.25, -0.2) is 0 Å². The van der Waals surface area contributed by atoms with Gasteiger partial charge in [-0.15, -0.1) is 22.7 Å². The van der Waals surface area contributed by atoms with E-state index in [1.165, 1.54) is 119 Å². The van der Waals surface area contributed by atoms with Gasteiger partial charge in [-0.1, -0.05) is 133 Å². The molecule has 4 aliphatic rings. The first-order valence-electron chi connectivity index (χ1n) is 22.3. The zero-order valence-electron chi connectivity index (χ0n) is 35.2. The van der Waals surface area contributed by atoms with E-state index in [-0.39, 0.29) is 0 Å². The Bertz CT molecular complexity index is 3370. The highest BCUT2D eigenvalue weighted by atomic mass is 32.1. The minimum atomic E-state index is 1.00. The van der Waals surface area contributed by atoms with Crippen LogP contribution in [0.5, 0.6) is 0 Å². The van der Waals surface area contributed by atoms with Crippen LogP contribution in [0.3, 0.4) is 0 Å². The molecule has 4 bridgehead atoms. The fourth-order valence-electron chi connectivity index (χ4n) is 10.2. The Labute approximate surface area is 380 Å². The van der Waals surface area contributed by atoms with E-state index in [0.29, 0.717) is 0 Å². The van der Waals surface area contributed by atoms with Gasteiger partial charge in [0.1, 0.15) is 0 Å². The van der Waals surface area contributed by atoms with E-state index >= 15 is 0 Å². The zero-order valence-corrected chi connectivity index (χ0v) is 36.8. The quantitative estimate of drug-likeness (QED) is 0.158. The van der Waals surface area contributed by atoms with E-state index in [2.05, 4.69) is 215 Å². The molecule has 16 rings (SSSR count). The summed E-state index contributed by atoms with van der Waals surface area (Å²) in [5.41, 5.74) is 18.3. The number of para-hydroxylation sites is 4. The summed E-state index contributed by atoms with van der Waals surface area (Å²) in [4.78, 5) is 5.30. The normalized spacial score (nSPS) is 12.8. The molecule has 0 atom stereocenters. The Morgan fingerprint density at radius 2 is 0.641 bits per heavy atom. The molecule has 4 aromatic heterocycles. The van der Waals surface area contributed by atoms with Gasteiger partial charge in [0.2, 0.25) is 0 Å². The van der Waals surface area contributed by atoms with Gasteiger partial charge in [0.15, 0.2) is 0 Å². The van der Waals surface area contributed by atoms with Gasteiger partial charge in [-0.3, -0.25) is 0 Å². The molecule has 0 radical (unpaired) electrons. The predicted octanol–water partition coefficient (Wildman–Crippen LogP) is 16.6. The highest BCUT2D eigenvalue weighted by Gasteiger charge is 2.18. The largest absolute Gasteiger partial charge is 0.309 e. The Morgan fingerprint density at radius 3 is 1.02 bits per heavy atom. The predicted molar refractivity (Wildman–Crippen MR) is 274 cm³/mol. The highest BCUT2D eigenvalue weighted by Crippen LogP contribution is 2.41. The van der Waals surface area contributed by atoms with Gasteiger partial charge in [0.25, 0.3) is 0 Å². The van der Waals surface area contributed by atoms with Gasteiger partial charge < -0.3 is 9.13 Å². The molecule has 0 spiro atoms. The topological polar surface area (TPSA) is 9.86 Å². The van der Waals surface area contributed by atoms with Crippen molar-refractivity contribution in [1.29, 1.82) is 0 Å². The number of hydrogen-bond acceptors (Lipinski definition) is 2. The Balaban J connectivity index is 0.759. The molecule has 4 heterocycles. The summed E-state index contributed by atoms with van der Waals surface area (Å²) in [6, 6.07) is 77.0. The minimum absolute atomic E-state index is 1.00. The first kappa shape index (κ1) is 37.3. The van der Waals surface area contributed by atoms with Crippen molar-refractivity contribution >= 4 is 66.3 Å². The van der Waals surface area contributed by atoms with Crippen molar-refractivity contribution in [1.82, 2.24) is 9.13 Å². The van der Waals surface area contributed by atoms with E-state index < -0.39 is 0 Å². The number of aryl methyl sites for hydroxylation is 4. The van der Waals surface area contributed by atoms with Crippen molar-refractivity contribution < 1.29 is 0 Å². The lowest BCUT2D eigenvalue weighted by atomic mass is 9.90. The third-order valence-corrected chi connectivity index (χ3v) is 15.8. The van der Waals surface area contributed by atoms with Crippen LogP contribution in [-0.4, -0.2) is 9.13 Å². The molecule has 304 valence electrons. The molecule has 4 aliphatic carbocycles. The molecule has 0 aliphatic heterocycles. The molecule has 4 heteroatoms. The molecule has 0 saturated heterocycles. The maximum Gasteiger partial charge on any atom is 0.0541 e. The van der Waals surface area contributed by atoms with Crippen molar-refractivity contribution in [3.63, 3.8) is 0 Å². The second kappa shape index (κ2) is 15.2. The van der Waals surface area contributed by atoms with Gasteiger partial charge in [0, 0.05) is 52.4 Å². The fourth-order valence-corrected chi connectivity index (χ4v) is 12.4. The third-order valence-electron chi connectivity index (χ3n) is 13.4. The first-order chi connectivity index (χ1) is 31.7. The summed E-state index contributed by atoms with van der Waals surface area (Å²) in [7, 11) is 0. The van der Waals surface area contributed by atoms with Crippen LogP contribution in [0.15, 0.2) is 206 Å². The molecule has 0 unspecified atom stereocenters. The highest BCUT2D eigenvalue weighted by molar-refractivity contribution is 7.19. The van der Waals surface area contributed by atoms with E-state index in [4.69, 9.17) is 0 Å². The average molecular weight is 855 g/mol. The Kier molecular flexibility index (Phi) is 8.89. The molecule has 0 amide bonds.